The normalized spacial score (nSPS) is 17.4. The fraction of sp³-hybridized carbons (Fsp3) is 0.190. The summed E-state index contributed by atoms with van der Waals surface area (Å²) in [6.07, 6.45) is 3.36. The molecule has 3 aliphatic rings. The van der Waals surface area contributed by atoms with Gasteiger partial charge in [0.2, 0.25) is 0 Å². The highest BCUT2D eigenvalue weighted by molar-refractivity contribution is 7.80. The number of hydrogen-bond acceptors (Lipinski definition) is 4. The Kier molecular flexibility index (Phi) is 8.79. The van der Waals surface area contributed by atoms with Crippen molar-refractivity contribution in [2.75, 3.05) is 45.3 Å². The number of allylic oxidation sites excluding steroid dienone is 2. The molecule has 1 fully saturated rings. The van der Waals surface area contributed by atoms with Crippen LogP contribution in [0.1, 0.15) is 12.0 Å². The predicted octanol–water partition coefficient (Wildman–Crippen LogP) is 6.74. The van der Waals surface area contributed by atoms with Crippen LogP contribution in [0.4, 0.5) is 5.69 Å². The van der Waals surface area contributed by atoms with Gasteiger partial charge in [0.1, 0.15) is 19.0 Å². The Morgan fingerprint density at radius 2 is 1.10 bits per heavy atom. The lowest BCUT2D eigenvalue weighted by Crippen LogP contribution is -2.37. The van der Waals surface area contributed by atoms with Crippen molar-refractivity contribution < 1.29 is 9.47 Å². The van der Waals surface area contributed by atoms with Crippen LogP contribution in [0.15, 0.2) is 151 Å². The minimum Gasteiger partial charge on any atom is -0.489 e. The second-order valence-electron chi connectivity index (χ2n) is 12.5. The highest BCUT2D eigenvalue weighted by Crippen LogP contribution is 2.56. The summed E-state index contributed by atoms with van der Waals surface area (Å²) in [4.78, 5) is 4.73. The molecule has 0 aromatic heterocycles. The number of morpholine rings is 1. The van der Waals surface area contributed by atoms with Crippen molar-refractivity contribution >= 4 is 53.6 Å². The molecular weight excluding hydrogens is 626 g/mol. The number of anilines is 1. The summed E-state index contributed by atoms with van der Waals surface area (Å²) in [6, 6.07) is 49.1. The molecule has 1 saturated heterocycles. The van der Waals surface area contributed by atoms with Crippen LogP contribution in [0, 0.1) is 0 Å². The summed E-state index contributed by atoms with van der Waals surface area (Å²) in [5.74, 6) is 2.00. The first-order valence-corrected chi connectivity index (χ1v) is 19.5. The molecule has 2 heterocycles. The first-order valence-electron chi connectivity index (χ1n) is 16.8. The smallest absolute Gasteiger partial charge is 0.150 e. The Morgan fingerprint density at radius 1 is 0.583 bits per heavy atom. The van der Waals surface area contributed by atoms with Gasteiger partial charge in [-0.25, -0.2) is 0 Å². The molecule has 0 N–H and O–H groups in total. The molecule has 2 aliphatic heterocycles. The Labute approximate surface area is 286 Å². The van der Waals surface area contributed by atoms with E-state index in [9.17, 15) is 0 Å². The first kappa shape index (κ1) is 30.9. The van der Waals surface area contributed by atoms with Crippen LogP contribution in [0.3, 0.4) is 0 Å². The average molecular weight is 667 g/mol. The van der Waals surface area contributed by atoms with E-state index in [0.29, 0.717) is 13.2 Å². The Morgan fingerprint density at radius 3 is 1.69 bits per heavy atom. The molecule has 48 heavy (non-hydrogen) atoms. The van der Waals surface area contributed by atoms with E-state index in [0.717, 1.165) is 36.7 Å². The molecule has 1 atom stereocenters. The molecule has 6 heteroatoms. The van der Waals surface area contributed by atoms with Crippen LogP contribution in [-0.2, 0) is 4.74 Å². The quantitative estimate of drug-likeness (QED) is 0.180. The molecule has 5 aromatic rings. The summed E-state index contributed by atoms with van der Waals surface area (Å²) < 4.78 is 13.7. The Hall–Kier alpha value is -4.36. The number of fused-ring (bicyclic) bond motifs is 2. The van der Waals surface area contributed by atoms with E-state index in [4.69, 9.17) is 9.47 Å². The van der Waals surface area contributed by atoms with Gasteiger partial charge in [0, 0.05) is 30.9 Å². The summed E-state index contributed by atoms with van der Waals surface area (Å²) in [7, 11) is 2.67. The largest absolute Gasteiger partial charge is 0.489 e. The van der Waals surface area contributed by atoms with Crippen molar-refractivity contribution in [2.24, 2.45) is 0 Å². The van der Waals surface area contributed by atoms with Crippen LogP contribution in [-0.4, -0.2) is 51.0 Å². The molecule has 0 saturated carbocycles. The number of likely N-dealkylation sites (N-methyl/N-ethyl adjacent to an activating group) is 2. The molecule has 0 spiro atoms. The van der Waals surface area contributed by atoms with Gasteiger partial charge < -0.3 is 19.3 Å². The minimum absolute atomic E-state index is 0.180. The van der Waals surface area contributed by atoms with E-state index in [-0.39, 0.29) is 5.66 Å². The molecule has 0 amide bonds. The number of benzene rings is 5. The minimum atomic E-state index is -0.918. The van der Waals surface area contributed by atoms with Gasteiger partial charge in [0.25, 0.3) is 0 Å². The van der Waals surface area contributed by atoms with Gasteiger partial charge in [-0.15, -0.1) is 0 Å². The van der Waals surface area contributed by atoms with Crippen molar-refractivity contribution in [2.45, 2.75) is 12.1 Å². The fourth-order valence-electron chi connectivity index (χ4n) is 7.25. The molecular formula is C42H40N2O2P2. The number of nitrogens with zero attached hydrogens (tertiary/aromatic N) is 2. The van der Waals surface area contributed by atoms with E-state index in [1.54, 1.807) is 0 Å². The van der Waals surface area contributed by atoms with E-state index in [1.807, 2.05) is 0 Å². The molecule has 0 bridgehead atoms. The highest BCUT2D eigenvalue weighted by atomic mass is 31.1. The predicted molar refractivity (Wildman–Crippen MR) is 205 cm³/mol. The van der Waals surface area contributed by atoms with Gasteiger partial charge in [-0.3, -0.25) is 0 Å². The lowest BCUT2D eigenvalue weighted by Gasteiger charge is -2.41. The molecule has 1 unspecified atom stereocenters. The third-order valence-electron chi connectivity index (χ3n) is 9.55. The topological polar surface area (TPSA) is 24.9 Å². The van der Waals surface area contributed by atoms with Crippen LogP contribution in [0.5, 0.6) is 5.75 Å². The Bertz CT molecular complexity index is 1870. The van der Waals surface area contributed by atoms with Gasteiger partial charge in [-0.05, 0) is 54.9 Å². The van der Waals surface area contributed by atoms with Crippen molar-refractivity contribution in [1.82, 2.24) is 4.90 Å². The maximum atomic E-state index is 6.85. The van der Waals surface area contributed by atoms with Gasteiger partial charge in [0.15, 0.2) is 5.75 Å². The molecule has 0 radical (unpaired) electrons. The van der Waals surface area contributed by atoms with E-state index in [1.165, 1.54) is 43.4 Å². The van der Waals surface area contributed by atoms with Crippen molar-refractivity contribution in [3.63, 3.8) is 0 Å². The van der Waals surface area contributed by atoms with E-state index >= 15 is 0 Å². The lowest BCUT2D eigenvalue weighted by molar-refractivity contribution is 0.141. The monoisotopic (exact) mass is 666 g/mol. The van der Waals surface area contributed by atoms with Crippen molar-refractivity contribution in [1.29, 1.82) is 0 Å². The van der Waals surface area contributed by atoms with Crippen LogP contribution < -0.4 is 36.2 Å². The molecule has 5 aromatic carbocycles. The average Bonchev–Trinajstić information content (AvgIpc) is 3.14. The van der Waals surface area contributed by atoms with Crippen LogP contribution in [0.25, 0.3) is 5.57 Å². The zero-order valence-corrected chi connectivity index (χ0v) is 29.3. The number of ether oxygens (including phenoxy) is 2. The van der Waals surface area contributed by atoms with Crippen LogP contribution in [0.2, 0.25) is 0 Å². The van der Waals surface area contributed by atoms with Gasteiger partial charge in [0.05, 0.1) is 24.5 Å². The summed E-state index contributed by atoms with van der Waals surface area (Å²) in [5.41, 5.74) is 5.03. The Balaban J connectivity index is 1.45. The number of hydrogen-bond donors (Lipinski definition) is 0. The third kappa shape index (κ3) is 5.72. The van der Waals surface area contributed by atoms with Crippen molar-refractivity contribution in [3.8, 4) is 5.75 Å². The van der Waals surface area contributed by atoms with E-state index < -0.39 is 15.8 Å². The zero-order chi connectivity index (χ0) is 32.5. The zero-order valence-electron chi connectivity index (χ0n) is 27.5. The molecule has 8 rings (SSSR count). The maximum absolute atomic E-state index is 6.85. The van der Waals surface area contributed by atoms with Crippen molar-refractivity contribution in [3.05, 3.63) is 157 Å². The van der Waals surface area contributed by atoms with Gasteiger partial charge in [-0.2, -0.15) is 0 Å². The van der Waals surface area contributed by atoms with Gasteiger partial charge in [-0.1, -0.05) is 133 Å². The third-order valence-corrected chi connectivity index (χ3v) is 14.8. The maximum Gasteiger partial charge on any atom is 0.150 e. The standard InChI is InChI=1S/C42H40N2O2P2/c1-43-27-29-45-41-35(43)23-25-37(47(31-15-7-3-8-16-31)32-17-9-4-10-18-32)39(41)40-38(26-24-36-42(40)46-30-28-44(36)2)48(33-19-11-5-12-20-33)34-21-13-6-14-22-34/h3-25,38H,26-30H2,1-2H3. The SMILES string of the molecule is CN1CCOC2=C(c3c(P(c4ccccc4)c4ccccc4)ccc4c3OCCN4C)C(P(c3ccccc3)c3ccccc3)CC=C21. The van der Waals surface area contributed by atoms with E-state index in [2.05, 4.69) is 163 Å². The summed E-state index contributed by atoms with van der Waals surface area (Å²) in [6.45, 7) is 3.04. The summed E-state index contributed by atoms with van der Waals surface area (Å²) in [5, 5.41) is 6.72. The molecule has 1 aliphatic carbocycles. The van der Waals surface area contributed by atoms with Gasteiger partial charge >= 0.3 is 0 Å². The summed E-state index contributed by atoms with van der Waals surface area (Å²) >= 11 is 0. The molecule has 4 nitrogen and oxygen atoms in total. The fourth-order valence-corrected chi connectivity index (χ4v) is 12.5. The molecule has 240 valence electrons. The second-order valence-corrected chi connectivity index (χ2v) is 17.1. The number of rotatable bonds is 7. The second kappa shape index (κ2) is 13.6. The first-order chi connectivity index (χ1) is 23.7. The highest BCUT2D eigenvalue weighted by Gasteiger charge is 2.41. The van der Waals surface area contributed by atoms with Crippen LogP contribution >= 0.6 is 15.8 Å². The lowest BCUT2D eigenvalue weighted by atomic mass is 9.91.